The molecular weight excluding hydrogens is 338 g/mol. The van der Waals surface area contributed by atoms with E-state index in [1.165, 1.54) is 6.07 Å². The van der Waals surface area contributed by atoms with E-state index in [0.717, 1.165) is 15.8 Å². The highest BCUT2D eigenvalue weighted by Gasteiger charge is 2.17. The van der Waals surface area contributed by atoms with Crippen molar-refractivity contribution in [2.45, 2.75) is 0 Å². The zero-order valence-corrected chi connectivity index (χ0v) is 13.4. The average Bonchev–Trinajstić information content (AvgIpc) is 3.32. The molecule has 5 aromatic rings. The Kier molecular flexibility index (Phi) is 2.94. The standard InChI is InChI=1S/C16H9N7OS/c24-11-3-4-17-16-15(11)20-13(14(21-16)10-6-19-23-22-10)8-1-2-9-12(5-8)25-7-18-9/h1-7H,(H,17,21,24)(H,19,22,23). The fraction of sp³-hybridized carbons (Fsp3) is 0. The van der Waals surface area contributed by atoms with E-state index >= 15 is 0 Å². The van der Waals surface area contributed by atoms with Gasteiger partial charge in [0.25, 0.3) is 0 Å². The van der Waals surface area contributed by atoms with Gasteiger partial charge in [0, 0.05) is 17.8 Å². The van der Waals surface area contributed by atoms with E-state index in [4.69, 9.17) is 0 Å². The van der Waals surface area contributed by atoms with Gasteiger partial charge in [-0.3, -0.25) is 4.79 Å². The maximum absolute atomic E-state index is 12.2. The maximum atomic E-state index is 12.2. The van der Waals surface area contributed by atoms with Crippen molar-refractivity contribution in [1.82, 2.24) is 35.3 Å². The van der Waals surface area contributed by atoms with Crippen molar-refractivity contribution >= 4 is 32.7 Å². The summed E-state index contributed by atoms with van der Waals surface area (Å²) < 4.78 is 1.03. The third-order valence-electron chi connectivity index (χ3n) is 3.85. The molecule has 0 saturated carbocycles. The van der Waals surface area contributed by atoms with Gasteiger partial charge in [-0.15, -0.1) is 11.3 Å². The van der Waals surface area contributed by atoms with E-state index in [0.29, 0.717) is 22.7 Å². The Bertz CT molecular complexity index is 1270. The molecule has 0 aliphatic rings. The predicted octanol–water partition coefficient (Wildman–Crippen LogP) is 2.38. The van der Waals surface area contributed by atoms with Crippen LogP contribution in [-0.4, -0.2) is 35.3 Å². The molecule has 0 aliphatic carbocycles. The topological polar surface area (TPSA) is 113 Å². The fourth-order valence-corrected chi connectivity index (χ4v) is 3.40. The molecule has 120 valence electrons. The summed E-state index contributed by atoms with van der Waals surface area (Å²) in [6.45, 7) is 0. The molecule has 0 atom stereocenters. The zero-order valence-electron chi connectivity index (χ0n) is 12.6. The molecule has 0 aliphatic heterocycles. The minimum atomic E-state index is -0.187. The number of pyridine rings is 1. The Morgan fingerprint density at radius 2 is 2.04 bits per heavy atom. The number of benzene rings is 1. The highest BCUT2D eigenvalue weighted by molar-refractivity contribution is 7.16. The van der Waals surface area contributed by atoms with Gasteiger partial charge in [0.2, 0.25) is 5.43 Å². The number of nitrogens with zero attached hydrogens (tertiary/aromatic N) is 5. The van der Waals surface area contributed by atoms with Gasteiger partial charge in [0.15, 0.2) is 11.2 Å². The van der Waals surface area contributed by atoms with Crippen LogP contribution < -0.4 is 5.43 Å². The van der Waals surface area contributed by atoms with Crippen LogP contribution in [0.4, 0.5) is 0 Å². The monoisotopic (exact) mass is 347 g/mol. The molecule has 4 heterocycles. The number of rotatable bonds is 2. The first-order valence-electron chi connectivity index (χ1n) is 7.39. The number of aromatic amines is 2. The lowest BCUT2D eigenvalue weighted by Gasteiger charge is -2.08. The van der Waals surface area contributed by atoms with Crippen molar-refractivity contribution in [3.63, 3.8) is 0 Å². The van der Waals surface area contributed by atoms with Gasteiger partial charge >= 0.3 is 0 Å². The second-order valence-electron chi connectivity index (χ2n) is 5.35. The maximum Gasteiger partial charge on any atom is 0.209 e. The Balaban J connectivity index is 1.86. The number of hydrogen-bond donors (Lipinski definition) is 2. The van der Waals surface area contributed by atoms with Crippen molar-refractivity contribution < 1.29 is 0 Å². The average molecular weight is 347 g/mol. The second kappa shape index (κ2) is 5.28. The number of H-pyrrole nitrogens is 2. The van der Waals surface area contributed by atoms with Crippen molar-refractivity contribution in [3.05, 3.63) is 52.4 Å². The molecule has 0 radical (unpaired) electrons. The zero-order chi connectivity index (χ0) is 16.8. The van der Waals surface area contributed by atoms with E-state index in [-0.39, 0.29) is 10.9 Å². The Morgan fingerprint density at radius 1 is 1.08 bits per heavy atom. The van der Waals surface area contributed by atoms with Crippen molar-refractivity contribution in [1.29, 1.82) is 0 Å². The van der Waals surface area contributed by atoms with Crippen LogP contribution in [0.15, 0.2) is 47.0 Å². The van der Waals surface area contributed by atoms with E-state index in [1.54, 1.807) is 29.2 Å². The molecule has 0 spiro atoms. The van der Waals surface area contributed by atoms with E-state index in [2.05, 4.69) is 35.3 Å². The molecule has 0 saturated heterocycles. The minimum Gasteiger partial charge on any atom is -0.345 e. The molecule has 0 amide bonds. The first-order valence-corrected chi connectivity index (χ1v) is 8.27. The van der Waals surface area contributed by atoms with Crippen LogP contribution in [0, 0.1) is 0 Å². The SMILES string of the molecule is O=c1cc[nH]c2nc(-c3cn[nH]n3)c(-c3ccc4ncsc4c3)nc12. The summed E-state index contributed by atoms with van der Waals surface area (Å²) in [6, 6.07) is 7.26. The third kappa shape index (κ3) is 2.21. The summed E-state index contributed by atoms with van der Waals surface area (Å²) in [5, 5.41) is 10.5. The summed E-state index contributed by atoms with van der Waals surface area (Å²) in [4.78, 5) is 28.6. The van der Waals surface area contributed by atoms with Crippen LogP contribution in [0.1, 0.15) is 0 Å². The molecule has 1 aromatic carbocycles. The molecule has 4 aromatic heterocycles. The van der Waals surface area contributed by atoms with Gasteiger partial charge in [-0.25, -0.2) is 15.0 Å². The minimum absolute atomic E-state index is 0.187. The predicted molar refractivity (Wildman–Crippen MR) is 94.1 cm³/mol. The second-order valence-corrected chi connectivity index (χ2v) is 6.24. The summed E-state index contributed by atoms with van der Waals surface area (Å²) in [6.07, 6.45) is 3.13. The van der Waals surface area contributed by atoms with Gasteiger partial charge in [-0.2, -0.15) is 15.4 Å². The number of aromatic nitrogens is 7. The van der Waals surface area contributed by atoms with Crippen LogP contribution >= 0.6 is 11.3 Å². The molecule has 2 N–H and O–H groups in total. The van der Waals surface area contributed by atoms with Gasteiger partial charge in [-0.1, -0.05) is 6.07 Å². The first-order chi connectivity index (χ1) is 12.3. The number of hydrogen-bond acceptors (Lipinski definition) is 7. The van der Waals surface area contributed by atoms with Gasteiger partial charge in [0.1, 0.15) is 11.4 Å². The van der Waals surface area contributed by atoms with Crippen LogP contribution in [-0.2, 0) is 0 Å². The van der Waals surface area contributed by atoms with Gasteiger partial charge in [-0.05, 0) is 12.1 Å². The molecule has 8 nitrogen and oxygen atoms in total. The number of thiazole rings is 1. The van der Waals surface area contributed by atoms with E-state index in [1.807, 2.05) is 18.2 Å². The molecule has 25 heavy (non-hydrogen) atoms. The van der Waals surface area contributed by atoms with Crippen LogP contribution in [0.25, 0.3) is 44.0 Å². The van der Waals surface area contributed by atoms with Crippen molar-refractivity contribution in [2.24, 2.45) is 0 Å². The summed E-state index contributed by atoms with van der Waals surface area (Å²) in [5.74, 6) is 0. The summed E-state index contributed by atoms with van der Waals surface area (Å²) in [7, 11) is 0. The third-order valence-corrected chi connectivity index (χ3v) is 4.64. The lowest BCUT2D eigenvalue weighted by molar-refractivity contribution is 0.940. The van der Waals surface area contributed by atoms with E-state index < -0.39 is 0 Å². The van der Waals surface area contributed by atoms with Crippen molar-refractivity contribution in [2.75, 3.05) is 0 Å². The summed E-state index contributed by atoms with van der Waals surface area (Å²) >= 11 is 1.54. The Morgan fingerprint density at radius 3 is 2.92 bits per heavy atom. The largest absolute Gasteiger partial charge is 0.345 e. The molecule has 0 unspecified atom stereocenters. The Labute approximate surface area is 143 Å². The number of nitrogens with one attached hydrogen (secondary N) is 2. The molecule has 0 fully saturated rings. The Hall–Kier alpha value is -3.46. The quantitative estimate of drug-likeness (QED) is 0.507. The molecule has 9 heteroatoms. The van der Waals surface area contributed by atoms with Gasteiger partial charge < -0.3 is 4.98 Å². The normalized spacial score (nSPS) is 11.4. The molecule has 0 bridgehead atoms. The highest BCUT2D eigenvalue weighted by atomic mass is 32.1. The lowest BCUT2D eigenvalue weighted by Crippen LogP contribution is -2.06. The van der Waals surface area contributed by atoms with E-state index in [9.17, 15) is 4.79 Å². The van der Waals surface area contributed by atoms with Gasteiger partial charge in [0.05, 0.1) is 27.6 Å². The van der Waals surface area contributed by atoms with Crippen molar-refractivity contribution in [3.8, 4) is 22.6 Å². The highest BCUT2D eigenvalue weighted by Crippen LogP contribution is 2.31. The molecular formula is C16H9N7OS. The van der Waals surface area contributed by atoms with Crippen LogP contribution in [0.5, 0.6) is 0 Å². The smallest absolute Gasteiger partial charge is 0.209 e. The fourth-order valence-electron chi connectivity index (χ4n) is 2.68. The van der Waals surface area contributed by atoms with Crippen LogP contribution in [0.2, 0.25) is 0 Å². The summed E-state index contributed by atoms with van der Waals surface area (Å²) in [5.41, 5.74) is 5.74. The lowest BCUT2D eigenvalue weighted by atomic mass is 10.1. The first kappa shape index (κ1) is 13.9. The van der Waals surface area contributed by atoms with Crippen LogP contribution in [0.3, 0.4) is 0 Å². The number of fused-ring (bicyclic) bond motifs is 2. The molecule has 5 rings (SSSR count).